The maximum Gasteiger partial charge on any atom is 0.422 e. The van der Waals surface area contributed by atoms with E-state index < -0.39 is 18.7 Å². The first-order chi connectivity index (χ1) is 11.2. The molecular weight excluding hydrogens is 329 g/mol. The molecule has 0 atom stereocenters. The number of amides is 1. The lowest BCUT2D eigenvalue weighted by Crippen LogP contribution is -2.28. The van der Waals surface area contributed by atoms with Gasteiger partial charge < -0.3 is 10.1 Å². The van der Waals surface area contributed by atoms with Crippen LogP contribution in [0.3, 0.4) is 0 Å². The minimum absolute atomic E-state index is 0.0650. The number of halogens is 3. The van der Waals surface area contributed by atoms with Crippen molar-refractivity contribution < 1.29 is 22.7 Å². The average Bonchev–Trinajstić information content (AvgIpc) is 2.53. The third-order valence-corrected chi connectivity index (χ3v) is 2.83. The second kappa shape index (κ2) is 7.11. The Balaban J connectivity index is 1.91. The highest BCUT2D eigenvalue weighted by atomic mass is 19.4. The molecule has 2 aromatic rings. The number of aromatic nitrogens is 3. The Labute approximate surface area is 134 Å². The fourth-order valence-electron chi connectivity index (χ4n) is 1.65. The van der Waals surface area contributed by atoms with Crippen LogP contribution in [0.25, 0.3) is 0 Å². The second-order valence-corrected chi connectivity index (χ2v) is 4.77. The predicted octanol–water partition coefficient (Wildman–Crippen LogP) is 1.05. The molecule has 2 rings (SSSR count). The van der Waals surface area contributed by atoms with Crippen molar-refractivity contribution in [2.45, 2.75) is 12.7 Å². The van der Waals surface area contributed by atoms with Crippen molar-refractivity contribution in [2.75, 3.05) is 6.61 Å². The highest BCUT2D eigenvalue weighted by Crippen LogP contribution is 2.16. The Kier molecular flexibility index (Phi) is 5.17. The highest BCUT2D eigenvalue weighted by molar-refractivity contribution is 5.91. The molecule has 0 bridgehead atoms. The van der Waals surface area contributed by atoms with Gasteiger partial charge in [0, 0.05) is 31.9 Å². The van der Waals surface area contributed by atoms with Gasteiger partial charge in [0.25, 0.3) is 11.5 Å². The molecule has 0 aliphatic rings. The molecule has 24 heavy (non-hydrogen) atoms. The summed E-state index contributed by atoms with van der Waals surface area (Å²) in [5, 5.41) is 6.36. The number of ether oxygens (including phenoxy) is 1. The van der Waals surface area contributed by atoms with Crippen molar-refractivity contribution in [3.63, 3.8) is 0 Å². The minimum atomic E-state index is -4.43. The topological polar surface area (TPSA) is 86.1 Å². The first kappa shape index (κ1) is 17.4. The lowest BCUT2D eigenvalue weighted by Gasteiger charge is -2.09. The van der Waals surface area contributed by atoms with Gasteiger partial charge >= 0.3 is 6.18 Å². The number of pyridine rings is 1. The number of carbonyl (C=O) groups is 1. The van der Waals surface area contributed by atoms with E-state index in [-0.39, 0.29) is 23.7 Å². The number of carbonyl (C=O) groups excluding carboxylic acids is 1. The summed E-state index contributed by atoms with van der Waals surface area (Å²) in [6, 6.07) is 5.27. The molecule has 0 aliphatic heterocycles. The molecule has 1 N–H and O–H groups in total. The number of nitrogens with one attached hydrogen (secondary N) is 1. The zero-order chi connectivity index (χ0) is 17.7. The molecule has 2 heterocycles. The third-order valence-electron chi connectivity index (χ3n) is 2.83. The van der Waals surface area contributed by atoms with Gasteiger partial charge in [-0.25, -0.2) is 9.67 Å². The van der Waals surface area contributed by atoms with Gasteiger partial charge in [0.15, 0.2) is 6.61 Å². The fourth-order valence-corrected chi connectivity index (χ4v) is 1.65. The van der Waals surface area contributed by atoms with E-state index in [4.69, 9.17) is 0 Å². The summed E-state index contributed by atoms with van der Waals surface area (Å²) in [4.78, 5) is 26.8. The molecular formula is C14H13F3N4O3. The number of hydrogen-bond donors (Lipinski definition) is 1. The van der Waals surface area contributed by atoms with Crippen LogP contribution in [0.15, 0.2) is 35.3 Å². The molecule has 0 aromatic carbocycles. The normalized spacial score (nSPS) is 11.2. The molecule has 10 heteroatoms. The summed E-state index contributed by atoms with van der Waals surface area (Å²) in [5.41, 5.74) is 0.285. The maximum atomic E-state index is 12.0. The van der Waals surface area contributed by atoms with Gasteiger partial charge in [-0.3, -0.25) is 9.59 Å². The summed E-state index contributed by atoms with van der Waals surface area (Å²) in [6.45, 7) is -1.33. The zero-order valence-corrected chi connectivity index (χ0v) is 12.5. The van der Waals surface area contributed by atoms with Crippen molar-refractivity contribution in [1.82, 2.24) is 20.1 Å². The molecule has 0 fully saturated rings. The van der Waals surface area contributed by atoms with Gasteiger partial charge in [-0.15, -0.1) is 0 Å². The fraction of sp³-hybridized carbons (Fsp3) is 0.286. The average molecular weight is 342 g/mol. The molecule has 0 saturated heterocycles. The van der Waals surface area contributed by atoms with Crippen molar-refractivity contribution >= 4 is 5.91 Å². The van der Waals surface area contributed by atoms with E-state index in [0.717, 1.165) is 4.68 Å². The van der Waals surface area contributed by atoms with E-state index in [2.05, 4.69) is 20.1 Å². The Morgan fingerprint density at radius 1 is 1.29 bits per heavy atom. The lowest BCUT2D eigenvalue weighted by molar-refractivity contribution is -0.154. The Morgan fingerprint density at radius 3 is 2.62 bits per heavy atom. The summed E-state index contributed by atoms with van der Waals surface area (Å²) in [5.74, 6) is -0.662. The monoisotopic (exact) mass is 342 g/mol. The number of alkyl halides is 3. The first-order valence-electron chi connectivity index (χ1n) is 6.71. The Bertz CT molecular complexity index is 772. The molecule has 2 aromatic heterocycles. The van der Waals surface area contributed by atoms with E-state index in [1.807, 2.05) is 0 Å². The number of aryl methyl sites for hydroxylation is 1. The van der Waals surface area contributed by atoms with Gasteiger partial charge in [0.2, 0.25) is 5.88 Å². The Hall–Kier alpha value is -2.91. The second-order valence-electron chi connectivity index (χ2n) is 4.77. The van der Waals surface area contributed by atoms with Gasteiger partial charge in [0.05, 0.1) is 0 Å². The van der Waals surface area contributed by atoms with Crippen LogP contribution in [0.1, 0.15) is 16.1 Å². The lowest BCUT2D eigenvalue weighted by atomic mass is 10.2. The van der Waals surface area contributed by atoms with Gasteiger partial charge in [-0.05, 0) is 11.6 Å². The van der Waals surface area contributed by atoms with E-state index in [9.17, 15) is 22.8 Å². The molecule has 128 valence electrons. The van der Waals surface area contributed by atoms with Crippen LogP contribution in [0, 0.1) is 0 Å². The molecule has 0 radical (unpaired) electrons. The van der Waals surface area contributed by atoms with Crippen molar-refractivity contribution in [3.8, 4) is 5.88 Å². The summed E-state index contributed by atoms with van der Waals surface area (Å²) in [7, 11) is 1.42. The highest BCUT2D eigenvalue weighted by Gasteiger charge is 2.28. The molecule has 0 aliphatic carbocycles. The first-order valence-corrected chi connectivity index (χ1v) is 6.71. The predicted molar refractivity (Wildman–Crippen MR) is 76.4 cm³/mol. The van der Waals surface area contributed by atoms with Crippen LogP contribution < -0.4 is 15.6 Å². The van der Waals surface area contributed by atoms with Crippen LogP contribution in [0.2, 0.25) is 0 Å². The van der Waals surface area contributed by atoms with Crippen LogP contribution >= 0.6 is 0 Å². The quantitative estimate of drug-likeness (QED) is 0.878. The molecule has 0 spiro atoms. The van der Waals surface area contributed by atoms with Crippen molar-refractivity contribution in [2.24, 2.45) is 7.05 Å². The van der Waals surface area contributed by atoms with Crippen LogP contribution in [-0.4, -0.2) is 33.5 Å². The molecule has 1 amide bonds. The molecule has 0 unspecified atom stereocenters. The summed E-state index contributed by atoms with van der Waals surface area (Å²) < 4.78 is 41.6. The molecule has 7 nitrogen and oxygen atoms in total. The number of rotatable bonds is 5. The van der Waals surface area contributed by atoms with E-state index in [1.54, 1.807) is 0 Å². The van der Waals surface area contributed by atoms with Gasteiger partial charge in [0.1, 0.15) is 5.69 Å². The smallest absolute Gasteiger partial charge is 0.422 e. The van der Waals surface area contributed by atoms with Crippen molar-refractivity contribution in [1.29, 1.82) is 0 Å². The SMILES string of the molecule is Cn1nc(C(=O)NCc2ccc(OCC(F)(F)F)nc2)ccc1=O. The van der Waals surface area contributed by atoms with Gasteiger partial charge in [-0.2, -0.15) is 18.3 Å². The van der Waals surface area contributed by atoms with E-state index in [1.165, 1.54) is 37.5 Å². The van der Waals surface area contributed by atoms with Crippen LogP contribution in [0.5, 0.6) is 5.88 Å². The maximum absolute atomic E-state index is 12.0. The summed E-state index contributed by atoms with van der Waals surface area (Å²) >= 11 is 0. The largest absolute Gasteiger partial charge is 0.468 e. The number of nitrogens with zero attached hydrogens (tertiary/aromatic N) is 3. The van der Waals surface area contributed by atoms with Gasteiger partial charge in [-0.1, -0.05) is 6.07 Å². The third kappa shape index (κ3) is 5.07. The summed E-state index contributed by atoms with van der Waals surface area (Å²) in [6.07, 6.45) is -3.14. The standard InChI is InChI=1S/C14H13F3N4O3/c1-21-12(22)5-3-10(20-21)13(23)19-7-9-2-4-11(18-6-9)24-8-14(15,16)17/h2-6H,7-8H2,1H3,(H,19,23). The Morgan fingerprint density at radius 2 is 2.04 bits per heavy atom. The molecule has 0 saturated carbocycles. The van der Waals surface area contributed by atoms with Crippen molar-refractivity contribution in [3.05, 3.63) is 52.1 Å². The zero-order valence-electron chi connectivity index (χ0n) is 12.5. The van der Waals surface area contributed by atoms with E-state index in [0.29, 0.717) is 5.56 Å². The van der Waals surface area contributed by atoms with E-state index >= 15 is 0 Å². The van der Waals surface area contributed by atoms with Crippen LogP contribution in [-0.2, 0) is 13.6 Å². The van der Waals surface area contributed by atoms with Crippen LogP contribution in [0.4, 0.5) is 13.2 Å². The minimum Gasteiger partial charge on any atom is -0.468 e. The number of hydrogen-bond acceptors (Lipinski definition) is 5.